The molecule has 0 unspecified atom stereocenters. The molecule has 0 atom stereocenters. The van der Waals surface area contributed by atoms with Gasteiger partial charge in [0.15, 0.2) is 0 Å². The molecule has 3 nitrogen and oxygen atoms in total. The van der Waals surface area contributed by atoms with E-state index in [1.165, 1.54) is 24.8 Å². The highest BCUT2D eigenvalue weighted by Crippen LogP contribution is 2.28. The highest BCUT2D eigenvalue weighted by molar-refractivity contribution is 5.79. The summed E-state index contributed by atoms with van der Waals surface area (Å²) in [5.41, 5.74) is 1.38. The largest absolute Gasteiger partial charge is 0.497 e. The minimum atomic E-state index is 0.321. The van der Waals surface area contributed by atoms with Gasteiger partial charge in [0.05, 0.1) is 7.11 Å². The smallest absolute Gasteiger partial charge is 0.225 e. The zero-order valence-electron chi connectivity index (χ0n) is 14.3. The van der Waals surface area contributed by atoms with Crippen molar-refractivity contribution in [3.63, 3.8) is 0 Å². The first-order chi connectivity index (χ1) is 11.3. The van der Waals surface area contributed by atoms with Crippen molar-refractivity contribution in [2.75, 3.05) is 20.2 Å². The minimum Gasteiger partial charge on any atom is -0.497 e. The van der Waals surface area contributed by atoms with E-state index in [4.69, 9.17) is 4.74 Å². The summed E-state index contributed by atoms with van der Waals surface area (Å²) in [6.07, 6.45) is 9.43. The Morgan fingerprint density at radius 1 is 1.04 bits per heavy atom. The number of nitrogens with zero attached hydrogens (tertiary/aromatic N) is 1. The molecule has 1 aliphatic carbocycles. The van der Waals surface area contributed by atoms with Crippen molar-refractivity contribution in [3.8, 4) is 5.75 Å². The van der Waals surface area contributed by atoms with E-state index >= 15 is 0 Å². The lowest BCUT2D eigenvalue weighted by Crippen LogP contribution is -2.42. The van der Waals surface area contributed by atoms with Gasteiger partial charge in [0, 0.05) is 19.0 Å². The maximum absolute atomic E-state index is 12.6. The van der Waals surface area contributed by atoms with Gasteiger partial charge in [0.25, 0.3) is 0 Å². The quantitative estimate of drug-likeness (QED) is 0.838. The number of ether oxygens (including phenoxy) is 1. The van der Waals surface area contributed by atoms with E-state index < -0.39 is 0 Å². The first-order valence-corrected chi connectivity index (χ1v) is 9.18. The lowest BCUT2D eigenvalue weighted by molar-refractivity contribution is -0.138. The second kappa shape index (κ2) is 7.85. The predicted molar refractivity (Wildman–Crippen MR) is 92.6 cm³/mol. The first kappa shape index (κ1) is 16.4. The van der Waals surface area contributed by atoms with Crippen LogP contribution in [0.5, 0.6) is 5.75 Å². The number of rotatable bonds is 4. The fourth-order valence-electron chi connectivity index (χ4n) is 4.06. The highest BCUT2D eigenvalue weighted by Gasteiger charge is 2.29. The van der Waals surface area contributed by atoms with Gasteiger partial charge in [-0.05, 0) is 55.7 Å². The topological polar surface area (TPSA) is 29.5 Å². The number of likely N-dealkylation sites (tertiary alicyclic amines) is 1. The molecular weight excluding hydrogens is 286 g/mol. The van der Waals surface area contributed by atoms with E-state index in [-0.39, 0.29) is 0 Å². The molecule has 0 aromatic heterocycles. The third kappa shape index (κ3) is 4.27. The minimum absolute atomic E-state index is 0.321. The van der Waals surface area contributed by atoms with Crippen molar-refractivity contribution in [2.24, 2.45) is 11.8 Å². The molecule has 23 heavy (non-hydrogen) atoms. The Morgan fingerprint density at radius 3 is 2.30 bits per heavy atom. The average molecular weight is 315 g/mol. The van der Waals surface area contributed by atoms with Crippen molar-refractivity contribution in [1.29, 1.82) is 0 Å². The van der Waals surface area contributed by atoms with Gasteiger partial charge in [-0.1, -0.05) is 31.4 Å². The van der Waals surface area contributed by atoms with Crippen LogP contribution in [0.1, 0.15) is 50.5 Å². The van der Waals surface area contributed by atoms with Crippen LogP contribution in [-0.4, -0.2) is 31.0 Å². The Balaban J connectivity index is 1.46. The molecule has 1 heterocycles. The second-order valence-corrected chi connectivity index (χ2v) is 7.16. The molecule has 1 aromatic carbocycles. The third-order valence-electron chi connectivity index (χ3n) is 5.56. The summed E-state index contributed by atoms with van der Waals surface area (Å²) in [6, 6.07) is 8.41. The summed E-state index contributed by atoms with van der Waals surface area (Å²) in [5.74, 6) is 2.38. The summed E-state index contributed by atoms with van der Waals surface area (Å²) in [5, 5.41) is 0. The summed E-state index contributed by atoms with van der Waals surface area (Å²) >= 11 is 0. The lowest BCUT2D eigenvalue weighted by Gasteiger charge is -2.35. The van der Waals surface area contributed by atoms with Crippen LogP contribution in [0.2, 0.25) is 0 Å². The Kier molecular flexibility index (Phi) is 5.58. The number of carbonyl (C=O) groups excluding carboxylic acids is 1. The highest BCUT2D eigenvalue weighted by atomic mass is 16.5. The van der Waals surface area contributed by atoms with Crippen LogP contribution in [0.25, 0.3) is 0 Å². The molecule has 3 rings (SSSR count). The van der Waals surface area contributed by atoms with Gasteiger partial charge in [0.2, 0.25) is 5.91 Å². The Morgan fingerprint density at radius 2 is 1.70 bits per heavy atom. The maximum atomic E-state index is 12.6. The number of methoxy groups -OCH3 is 1. The molecule has 2 aliphatic rings. The van der Waals surface area contributed by atoms with Crippen molar-refractivity contribution < 1.29 is 9.53 Å². The molecule has 2 fully saturated rings. The van der Waals surface area contributed by atoms with Crippen LogP contribution in [0, 0.1) is 11.8 Å². The Hall–Kier alpha value is -1.51. The molecule has 1 aromatic rings. The summed E-state index contributed by atoms with van der Waals surface area (Å²) < 4.78 is 5.21. The number of carbonyl (C=O) groups is 1. The van der Waals surface area contributed by atoms with Crippen LogP contribution in [0.15, 0.2) is 24.3 Å². The van der Waals surface area contributed by atoms with E-state index in [1.807, 2.05) is 12.1 Å². The van der Waals surface area contributed by atoms with E-state index in [0.717, 1.165) is 50.9 Å². The monoisotopic (exact) mass is 315 g/mol. The summed E-state index contributed by atoms with van der Waals surface area (Å²) in [4.78, 5) is 14.7. The van der Waals surface area contributed by atoms with Crippen LogP contribution in [0.3, 0.4) is 0 Å². The Bertz CT molecular complexity index is 497. The molecule has 0 radical (unpaired) electrons. The molecule has 1 aliphatic heterocycles. The number of piperidine rings is 1. The summed E-state index contributed by atoms with van der Waals surface area (Å²) in [6.45, 7) is 1.91. The molecule has 1 saturated carbocycles. The van der Waals surface area contributed by atoms with Gasteiger partial charge in [0.1, 0.15) is 5.75 Å². The fourth-order valence-corrected chi connectivity index (χ4v) is 4.06. The SMILES string of the molecule is COc1ccc(CC2CCN(C(=O)C3CCCCC3)CC2)cc1. The van der Waals surface area contributed by atoms with Gasteiger partial charge in [-0.3, -0.25) is 4.79 Å². The molecule has 1 saturated heterocycles. The molecule has 0 spiro atoms. The van der Waals surface area contributed by atoms with E-state index in [9.17, 15) is 4.79 Å². The fraction of sp³-hybridized carbons (Fsp3) is 0.650. The van der Waals surface area contributed by atoms with Crippen molar-refractivity contribution in [2.45, 2.75) is 51.4 Å². The van der Waals surface area contributed by atoms with Gasteiger partial charge < -0.3 is 9.64 Å². The van der Waals surface area contributed by atoms with Crippen molar-refractivity contribution in [3.05, 3.63) is 29.8 Å². The molecule has 3 heteroatoms. The Labute approximate surface area is 140 Å². The van der Waals surface area contributed by atoms with Gasteiger partial charge >= 0.3 is 0 Å². The maximum Gasteiger partial charge on any atom is 0.225 e. The van der Waals surface area contributed by atoms with Crippen LogP contribution in [-0.2, 0) is 11.2 Å². The zero-order chi connectivity index (χ0) is 16.1. The number of amides is 1. The first-order valence-electron chi connectivity index (χ1n) is 9.18. The zero-order valence-corrected chi connectivity index (χ0v) is 14.3. The lowest BCUT2D eigenvalue weighted by atomic mass is 9.86. The molecule has 0 bridgehead atoms. The van der Waals surface area contributed by atoms with Gasteiger partial charge in [-0.25, -0.2) is 0 Å². The summed E-state index contributed by atoms with van der Waals surface area (Å²) in [7, 11) is 1.70. The van der Waals surface area contributed by atoms with Crippen LogP contribution in [0.4, 0.5) is 0 Å². The van der Waals surface area contributed by atoms with Gasteiger partial charge in [-0.15, -0.1) is 0 Å². The van der Waals surface area contributed by atoms with Crippen molar-refractivity contribution >= 4 is 5.91 Å². The van der Waals surface area contributed by atoms with Gasteiger partial charge in [-0.2, -0.15) is 0 Å². The number of benzene rings is 1. The van der Waals surface area contributed by atoms with E-state index in [2.05, 4.69) is 17.0 Å². The van der Waals surface area contributed by atoms with Crippen LogP contribution < -0.4 is 4.74 Å². The molecule has 1 amide bonds. The normalized spacial score (nSPS) is 20.5. The molecular formula is C20H29NO2. The van der Waals surface area contributed by atoms with Crippen LogP contribution >= 0.6 is 0 Å². The standard InChI is InChI=1S/C20H29NO2/c1-23-19-9-7-16(8-10-19)15-17-11-13-21(14-12-17)20(22)18-5-3-2-4-6-18/h7-10,17-18H,2-6,11-15H2,1H3. The molecule has 126 valence electrons. The third-order valence-corrected chi connectivity index (χ3v) is 5.56. The van der Waals surface area contributed by atoms with Crippen molar-refractivity contribution in [1.82, 2.24) is 4.90 Å². The van der Waals surface area contributed by atoms with E-state index in [1.54, 1.807) is 7.11 Å². The second-order valence-electron chi connectivity index (χ2n) is 7.16. The predicted octanol–water partition coefficient (Wildman–Crippen LogP) is 4.06. The average Bonchev–Trinajstić information content (AvgIpc) is 2.63. The number of hydrogen-bond acceptors (Lipinski definition) is 2. The van der Waals surface area contributed by atoms with E-state index in [0.29, 0.717) is 17.7 Å². The molecule has 0 N–H and O–H groups in total. The number of hydrogen-bond donors (Lipinski definition) is 0.